The molecule has 5 aliphatic rings. The van der Waals surface area contributed by atoms with E-state index in [1.807, 2.05) is 0 Å². The smallest absolute Gasteiger partial charge is 0.144 e. The molecule has 8 atom stereocenters. The molecular formula is C23H35NO2. The fourth-order valence-electron chi connectivity index (χ4n) is 8.40. The summed E-state index contributed by atoms with van der Waals surface area (Å²) in [7, 11) is 0. The number of fused-ring (bicyclic) bond motifs is 6. The summed E-state index contributed by atoms with van der Waals surface area (Å²) in [4.78, 5) is 5.81. The van der Waals surface area contributed by atoms with Crippen molar-refractivity contribution < 1.29 is 9.94 Å². The van der Waals surface area contributed by atoms with Gasteiger partial charge in [-0.05, 0) is 74.0 Å². The third-order valence-corrected chi connectivity index (χ3v) is 9.91. The molecule has 3 saturated carbocycles. The van der Waals surface area contributed by atoms with Gasteiger partial charge in [0.1, 0.15) is 6.10 Å². The number of allylic oxidation sites excluding steroid dienone is 1. The van der Waals surface area contributed by atoms with E-state index in [0.29, 0.717) is 11.8 Å². The van der Waals surface area contributed by atoms with Crippen LogP contribution in [-0.2, 0) is 4.84 Å². The molecule has 2 unspecified atom stereocenters. The molecule has 0 amide bonds. The maximum Gasteiger partial charge on any atom is 0.144 e. The van der Waals surface area contributed by atoms with Gasteiger partial charge in [0, 0.05) is 11.3 Å². The Kier molecular flexibility index (Phi) is 3.29. The number of aliphatic hydroxyl groups is 1. The molecule has 144 valence electrons. The zero-order valence-electron chi connectivity index (χ0n) is 17.1. The highest BCUT2D eigenvalue weighted by Gasteiger charge is 2.65. The van der Waals surface area contributed by atoms with Gasteiger partial charge in [0.15, 0.2) is 0 Å². The minimum atomic E-state index is -0.490. The summed E-state index contributed by atoms with van der Waals surface area (Å²) in [5.41, 5.74) is 1.55. The molecule has 1 N–H and O–H groups in total. The highest BCUT2D eigenvalue weighted by molar-refractivity contribution is 5.64. The van der Waals surface area contributed by atoms with Gasteiger partial charge in [-0.25, -0.2) is 0 Å². The van der Waals surface area contributed by atoms with Crippen LogP contribution in [0.25, 0.3) is 0 Å². The zero-order valence-corrected chi connectivity index (χ0v) is 17.1. The molecule has 3 heteroatoms. The number of oxime groups is 1. The Morgan fingerprint density at radius 1 is 1.08 bits per heavy atom. The number of rotatable bonds is 0. The van der Waals surface area contributed by atoms with Gasteiger partial charge in [-0.3, -0.25) is 0 Å². The van der Waals surface area contributed by atoms with Gasteiger partial charge in [0.2, 0.25) is 0 Å². The standard InChI is InChI=1S/C23H35NO2/c1-20(2)18-7-6-15-16(21(18,3)12-14-13-24-26-19(14)20)8-10-22(4)17(15)9-11-23(22,5)25/h7,13-17,19,25H,6,8-12H2,1-5H3/t14?,15-,16+,17+,19?,21-,22+,23+/m1/s1. The van der Waals surface area contributed by atoms with Gasteiger partial charge < -0.3 is 9.94 Å². The third kappa shape index (κ3) is 1.86. The van der Waals surface area contributed by atoms with Crippen LogP contribution in [0.4, 0.5) is 0 Å². The topological polar surface area (TPSA) is 41.8 Å². The van der Waals surface area contributed by atoms with Crippen molar-refractivity contribution in [3.63, 3.8) is 0 Å². The van der Waals surface area contributed by atoms with Crippen molar-refractivity contribution in [3.05, 3.63) is 11.6 Å². The summed E-state index contributed by atoms with van der Waals surface area (Å²) in [6.07, 6.45) is 11.8. The lowest BCUT2D eigenvalue weighted by atomic mass is 9.43. The Bertz CT molecular complexity index is 692. The molecule has 4 aliphatic carbocycles. The summed E-state index contributed by atoms with van der Waals surface area (Å²) in [5, 5.41) is 15.3. The fourth-order valence-corrected chi connectivity index (χ4v) is 8.40. The van der Waals surface area contributed by atoms with E-state index in [4.69, 9.17) is 4.84 Å². The van der Waals surface area contributed by atoms with Gasteiger partial charge >= 0.3 is 0 Å². The van der Waals surface area contributed by atoms with Crippen LogP contribution in [-0.4, -0.2) is 23.0 Å². The average Bonchev–Trinajstić information content (AvgIpc) is 3.10. The monoisotopic (exact) mass is 357 g/mol. The van der Waals surface area contributed by atoms with Crippen LogP contribution in [0.5, 0.6) is 0 Å². The predicted octanol–water partition coefficient (Wildman–Crippen LogP) is 4.95. The normalized spacial score (nSPS) is 56.7. The molecule has 0 radical (unpaired) electrons. The van der Waals surface area contributed by atoms with Crippen LogP contribution in [0.1, 0.15) is 73.1 Å². The largest absolute Gasteiger partial charge is 0.391 e. The van der Waals surface area contributed by atoms with Crippen molar-refractivity contribution in [2.24, 2.45) is 45.1 Å². The van der Waals surface area contributed by atoms with Crippen molar-refractivity contribution in [1.82, 2.24) is 0 Å². The van der Waals surface area contributed by atoms with E-state index in [1.165, 1.54) is 32.1 Å². The maximum atomic E-state index is 11.1. The molecule has 3 fully saturated rings. The second-order valence-electron chi connectivity index (χ2n) is 11.3. The Morgan fingerprint density at radius 3 is 2.58 bits per heavy atom. The second kappa shape index (κ2) is 4.96. The van der Waals surface area contributed by atoms with Crippen LogP contribution in [0.3, 0.4) is 0 Å². The van der Waals surface area contributed by atoms with Crippen LogP contribution in [0, 0.1) is 39.9 Å². The SMILES string of the molecule is CC1(C)C2=CC[C@@H]3[C@H](CC[C@@]4(C)[C@H]3CC[C@]4(C)O)[C@@]2(C)CC2C=NOC21. The lowest BCUT2D eigenvalue weighted by molar-refractivity contribution is -0.127. The van der Waals surface area contributed by atoms with Crippen LogP contribution in [0.2, 0.25) is 0 Å². The van der Waals surface area contributed by atoms with Crippen molar-refractivity contribution in [3.8, 4) is 0 Å². The molecule has 1 heterocycles. The van der Waals surface area contributed by atoms with E-state index in [2.05, 4.69) is 52.1 Å². The summed E-state index contributed by atoms with van der Waals surface area (Å²) < 4.78 is 0. The summed E-state index contributed by atoms with van der Waals surface area (Å²) in [6.45, 7) is 11.8. The third-order valence-electron chi connectivity index (χ3n) is 9.91. The van der Waals surface area contributed by atoms with Gasteiger partial charge in [-0.2, -0.15) is 0 Å². The van der Waals surface area contributed by atoms with Crippen molar-refractivity contribution in [1.29, 1.82) is 0 Å². The Labute approximate surface area is 158 Å². The van der Waals surface area contributed by atoms with E-state index < -0.39 is 5.60 Å². The van der Waals surface area contributed by atoms with E-state index in [-0.39, 0.29) is 22.3 Å². The van der Waals surface area contributed by atoms with E-state index in [1.54, 1.807) is 5.57 Å². The van der Waals surface area contributed by atoms with Crippen LogP contribution in [0.15, 0.2) is 16.8 Å². The molecular weight excluding hydrogens is 322 g/mol. The lowest BCUT2D eigenvalue weighted by Crippen LogP contribution is -2.58. The number of nitrogens with zero attached hydrogens (tertiary/aromatic N) is 1. The minimum Gasteiger partial charge on any atom is -0.391 e. The van der Waals surface area contributed by atoms with Crippen molar-refractivity contribution in [2.75, 3.05) is 0 Å². The van der Waals surface area contributed by atoms with Crippen molar-refractivity contribution in [2.45, 2.75) is 84.8 Å². The average molecular weight is 358 g/mol. The minimum absolute atomic E-state index is 0.0566. The molecule has 5 rings (SSSR count). The van der Waals surface area contributed by atoms with E-state index >= 15 is 0 Å². The quantitative estimate of drug-likeness (QED) is 0.623. The predicted molar refractivity (Wildman–Crippen MR) is 104 cm³/mol. The lowest BCUT2D eigenvalue weighted by Gasteiger charge is -2.62. The molecule has 0 bridgehead atoms. The van der Waals surface area contributed by atoms with Gasteiger partial charge in [-0.15, -0.1) is 0 Å². The Hall–Kier alpha value is -0.830. The van der Waals surface area contributed by atoms with Crippen LogP contribution >= 0.6 is 0 Å². The van der Waals surface area contributed by atoms with E-state index in [0.717, 1.165) is 18.3 Å². The van der Waals surface area contributed by atoms with Crippen molar-refractivity contribution >= 4 is 6.21 Å². The zero-order chi connectivity index (χ0) is 18.5. The first-order chi connectivity index (χ1) is 12.1. The molecule has 0 aromatic heterocycles. The van der Waals surface area contributed by atoms with Gasteiger partial charge in [0.05, 0.1) is 11.8 Å². The summed E-state index contributed by atoms with van der Waals surface area (Å²) in [5.74, 6) is 2.58. The first kappa shape index (κ1) is 17.3. The van der Waals surface area contributed by atoms with Gasteiger partial charge in [-0.1, -0.05) is 44.5 Å². The number of hydrogen-bond acceptors (Lipinski definition) is 3. The summed E-state index contributed by atoms with van der Waals surface area (Å²) in [6, 6.07) is 0. The Balaban J connectivity index is 1.56. The molecule has 1 aliphatic heterocycles. The first-order valence-corrected chi connectivity index (χ1v) is 10.7. The molecule has 3 nitrogen and oxygen atoms in total. The first-order valence-electron chi connectivity index (χ1n) is 10.7. The molecule has 26 heavy (non-hydrogen) atoms. The second-order valence-corrected chi connectivity index (χ2v) is 11.3. The molecule has 0 saturated heterocycles. The van der Waals surface area contributed by atoms with Crippen LogP contribution < -0.4 is 0 Å². The number of hydrogen-bond donors (Lipinski definition) is 1. The molecule has 0 spiro atoms. The molecule has 0 aromatic carbocycles. The maximum absolute atomic E-state index is 11.1. The molecule has 0 aromatic rings. The highest BCUT2D eigenvalue weighted by atomic mass is 16.6. The fraction of sp³-hybridized carbons (Fsp3) is 0.870. The highest BCUT2D eigenvalue weighted by Crippen LogP contribution is 2.69. The van der Waals surface area contributed by atoms with Gasteiger partial charge in [0.25, 0.3) is 0 Å². The summed E-state index contributed by atoms with van der Waals surface area (Å²) >= 11 is 0. The van der Waals surface area contributed by atoms with E-state index in [9.17, 15) is 5.11 Å². The Morgan fingerprint density at radius 2 is 1.81 bits per heavy atom.